The molecule has 0 radical (unpaired) electrons. The van der Waals surface area contributed by atoms with Crippen LogP contribution in [0.5, 0.6) is 11.6 Å². The van der Waals surface area contributed by atoms with Crippen molar-refractivity contribution in [2.45, 2.75) is 20.3 Å². The van der Waals surface area contributed by atoms with Gasteiger partial charge in [0.2, 0.25) is 5.82 Å². The predicted molar refractivity (Wildman–Crippen MR) is 104 cm³/mol. The van der Waals surface area contributed by atoms with Crippen LogP contribution >= 0.6 is 11.6 Å². The van der Waals surface area contributed by atoms with Crippen molar-refractivity contribution in [1.29, 1.82) is 0 Å². The first-order valence-corrected chi connectivity index (χ1v) is 8.65. The van der Waals surface area contributed by atoms with Crippen molar-refractivity contribution in [2.75, 3.05) is 5.32 Å². The Balaban J connectivity index is 1.97. The number of anilines is 2. The fourth-order valence-corrected chi connectivity index (χ4v) is 2.64. The minimum absolute atomic E-state index is 0.0283. The van der Waals surface area contributed by atoms with Gasteiger partial charge in [0.25, 0.3) is 0 Å². The van der Waals surface area contributed by atoms with Gasteiger partial charge in [-0.25, -0.2) is 4.98 Å². The summed E-state index contributed by atoms with van der Waals surface area (Å²) in [6, 6.07) is 12.5. The lowest BCUT2D eigenvalue weighted by Gasteiger charge is -2.11. The smallest absolute Gasteiger partial charge is 0.373 e. The number of aryl methyl sites for hydroxylation is 1. The Hall–Kier alpha value is -3.19. The Morgan fingerprint density at radius 3 is 2.59 bits per heavy atom. The zero-order valence-electron chi connectivity index (χ0n) is 14.8. The number of nitro groups is 1. The van der Waals surface area contributed by atoms with Crippen molar-refractivity contribution in [2.24, 2.45) is 0 Å². The first kappa shape index (κ1) is 18.6. The SMILES string of the molecule is CCc1ccc(Oc2ncnc(Nc3cccc(Cl)c3C)c2[N+](=O)[O-])cc1. The topological polar surface area (TPSA) is 90.2 Å². The Labute approximate surface area is 161 Å². The van der Waals surface area contributed by atoms with Crippen molar-refractivity contribution < 1.29 is 9.66 Å². The molecule has 1 aromatic heterocycles. The molecule has 0 aliphatic rings. The molecule has 7 nitrogen and oxygen atoms in total. The summed E-state index contributed by atoms with van der Waals surface area (Å²) in [4.78, 5) is 19.0. The second kappa shape index (κ2) is 8.01. The molecular weight excluding hydrogens is 368 g/mol. The Kier molecular flexibility index (Phi) is 5.52. The van der Waals surface area contributed by atoms with Gasteiger partial charge in [0.05, 0.1) is 4.92 Å². The largest absolute Gasteiger partial charge is 0.434 e. The molecule has 1 heterocycles. The van der Waals surface area contributed by atoms with Crippen LogP contribution in [0.4, 0.5) is 17.2 Å². The summed E-state index contributed by atoms with van der Waals surface area (Å²) >= 11 is 6.11. The lowest BCUT2D eigenvalue weighted by atomic mass is 10.2. The maximum absolute atomic E-state index is 11.7. The van der Waals surface area contributed by atoms with Gasteiger partial charge >= 0.3 is 11.6 Å². The molecule has 0 aliphatic carbocycles. The Morgan fingerprint density at radius 2 is 1.93 bits per heavy atom. The van der Waals surface area contributed by atoms with Gasteiger partial charge in [0.1, 0.15) is 12.1 Å². The van der Waals surface area contributed by atoms with E-state index in [1.54, 1.807) is 30.3 Å². The van der Waals surface area contributed by atoms with Crippen molar-refractivity contribution in [3.05, 3.63) is 75.1 Å². The molecule has 0 fully saturated rings. The van der Waals surface area contributed by atoms with Crippen LogP contribution in [0.3, 0.4) is 0 Å². The third-order valence-electron chi connectivity index (χ3n) is 4.04. The lowest BCUT2D eigenvalue weighted by Crippen LogP contribution is -2.04. The lowest BCUT2D eigenvalue weighted by molar-refractivity contribution is -0.385. The van der Waals surface area contributed by atoms with Crippen LogP contribution in [0, 0.1) is 17.0 Å². The summed E-state index contributed by atoms with van der Waals surface area (Å²) in [5, 5.41) is 15.2. The van der Waals surface area contributed by atoms with E-state index in [0.29, 0.717) is 16.5 Å². The first-order valence-electron chi connectivity index (χ1n) is 8.28. The van der Waals surface area contributed by atoms with Gasteiger partial charge in [-0.3, -0.25) is 10.1 Å². The van der Waals surface area contributed by atoms with Gasteiger partial charge in [0, 0.05) is 10.7 Å². The van der Waals surface area contributed by atoms with E-state index < -0.39 is 4.92 Å². The van der Waals surface area contributed by atoms with Gasteiger partial charge in [-0.2, -0.15) is 4.98 Å². The molecule has 0 amide bonds. The number of aromatic nitrogens is 2. The third-order valence-corrected chi connectivity index (χ3v) is 4.45. The van der Waals surface area contributed by atoms with Crippen LogP contribution in [0.25, 0.3) is 0 Å². The minimum Gasteiger partial charge on any atom is -0.434 e. The number of ether oxygens (including phenoxy) is 1. The average molecular weight is 385 g/mol. The van der Waals surface area contributed by atoms with Crippen LogP contribution in [0.2, 0.25) is 5.02 Å². The number of hydrogen-bond donors (Lipinski definition) is 1. The van der Waals surface area contributed by atoms with Gasteiger partial charge in [-0.15, -0.1) is 0 Å². The zero-order valence-corrected chi connectivity index (χ0v) is 15.5. The van der Waals surface area contributed by atoms with Crippen molar-refractivity contribution in [3.8, 4) is 11.6 Å². The fourth-order valence-electron chi connectivity index (χ4n) is 2.47. The third kappa shape index (κ3) is 4.15. The summed E-state index contributed by atoms with van der Waals surface area (Å²) in [7, 11) is 0. The summed E-state index contributed by atoms with van der Waals surface area (Å²) < 4.78 is 5.64. The molecular formula is C19H17ClN4O3. The van der Waals surface area contributed by atoms with E-state index in [0.717, 1.165) is 17.5 Å². The molecule has 0 atom stereocenters. The molecule has 0 aliphatic heterocycles. The molecule has 3 rings (SSSR count). The molecule has 2 aromatic carbocycles. The van der Waals surface area contributed by atoms with E-state index in [2.05, 4.69) is 15.3 Å². The highest BCUT2D eigenvalue weighted by molar-refractivity contribution is 6.31. The van der Waals surface area contributed by atoms with Crippen LogP contribution < -0.4 is 10.1 Å². The van der Waals surface area contributed by atoms with Crippen LogP contribution in [0.1, 0.15) is 18.1 Å². The predicted octanol–water partition coefficient (Wildman–Crippen LogP) is 5.44. The maximum Gasteiger partial charge on any atom is 0.373 e. The molecule has 0 saturated carbocycles. The van der Waals surface area contributed by atoms with Crippen molar-refractivity contribution in [3.63, 3.8) is 0 Å². The molecule has 27 heavy (non-hydrogen) atoms. The van der Waals surface area contributed by atoms with E-state index in [9.17, 15) is 10.1 Å². The number of hydrogen-bond acceptors (Lipinski definition) is 6. The van der Waals surface area contributed by atoms with Crippen molar-refractivity contribution in [1.82, 2.24) is 9.97 Å². The van der Waals surface area contributed by atoms with Crippen LogP contribution in [0.15, 0.2) is 48.8 Å². The zero-order chi connectivity index (χ0) is 19.4. The number of rotatable bonds is 6. The van der Waals surface area contributed by atoms with E-state index in [1.165, 1.54) is 6.33 Å². The van der Waals surface area contributed by atoms with Gasteiger partial charge in [-0.05, 0) is 48.7 Å². The number of nitrogens with one attached hydrogen (secondary N) is 1. The molecule has 0 spiro atoms. The Morgan fingerprint density at radius 1 is 1.19 bits per heavy atom. The fraction of sp³-hybridized carbons (Fsp3) is 0.158. The van der Waals surface area contributed by atoms with Crippen LogP contribution in [-0.4, -0.2) is 14.9 Å². The molecule has 8 heteroatoms. The molecule has 138 valence electrons. The summed E-state index contributed by atoms with van der Waals surface area (Å²) in [6.07, 6.45) is 2.10. The number of benzene rings is 2. The minimum atomic E-state index is -0.571. The molecule has 0 unspecified atom stereocenters. The van der Waals surface area contributed by atoms with Gasteiger partial charge < -0.3 is 10.1 Å². The van der Waals surface area contributed by atoms with E-state index in [4.69, 9.17) is 16.3 Å². The summed E-state index contributed by atoms with van der Waals surface area (Å²) in [5.74, 6) is 0.348. The number of halogens is 1. The highest BCUT2D eigenvalue weighted by atomic mass is 35.5. The standard InChI is InChI=1S/C19H17ClN4O3/c1-3-13-7-9-14(10-8-13)27-19-17(24(25)26)18(21-11-22-19)23-16-6-4-5-15(20)12(16)2/h4-11H,3H2,1-2H3,(H,21,22,23). The summed E-state index contributed by atoms with van der Waals surface area (Å²) in [6.45, 7) is 3.85. The van der Waals surface area contributed by atoms with Gasteiger partial charge in [0.15, 0.2) is 0 Å². The normalized spacial score (nSPS) is 10.5. The van der Waals surface area contributed by atoms with E-state index in [1.807, 2.05) is 26.0 Å². The second-order valence-electron chi connectivity index (χ2n) is 5.77. The van der Waals surface area contributed by atoms with E-state index >= 15 is 0 Å². The highest BCUT2D eigenvalue weighted by Crippen LogP contribution is 2.36. The first-order chi connectivity index (χ1) is 13.0. The number of nitrogens with zero attached hydrogens (tertiary/aromatic N) is 3. The second-order valence-corrected chi connectivity index (χ2v) is 6.18. The van der Waals surface area contributed by atoms with Gasteiger partial charge in [-0.1, -0.05) is 36.7 Å². The molecule has 1 N–H and O–H groups in total. The average Bonchev–Trinajstić information content (AvgIpc) is 2.66. The van der Waals surface area contributed by atoms with Crippen LogP contribution in [-0.2, 0) is 6.42 Å². The molecule has 0 bridgehead atoms. The summed E-state index contributed by atoms with van der Waals surface area (Å²) in [5.41, 5.74) is 2.15. The highest BCUT2D eigenvalue weighted by Gasteiger charge is 2.25. The molecule has 3 aromatic rings. The van der Waals surface area contributed by atoms with E-state index in [-0.39, 0.29) is 17.4 Å². The van der Waals surface area contributed by atoms with Crippen molar-refractivity contribution >= 4 is 28.8 Å². The maximum atomic E-state index is 11.7. The molecule has 0 saturated heterocycles. The monoisotopic (exact) mass is 384 g/mol. The Bertz CT molecular complexity index is 977. The quantitative estimate of drug-likeness (QED) is 0.449.